The van der Waals surface area contributed by atoms with Crippen LogP contribution in [0.1, 0.15) is 25.7 Å². The van der Waals surface area contributed by atoms with E-state index in [9.17, 15) is 0 Å². The molecule has 1 heterocycles. The predicted molar refractivity (Wildman–Crippen MR) is 46.8 cm³/mol. The summed E-state index contributed by atoms with van der Waals surface area (Å²) in [6, 6.07) is 0. The molecule has 0 aromatic carbocycles. The molecule has 1 saturated carbocycles. The van der Waals surface area contributed by atoms with Crippen molar-refractivity contribution >= 4 is 8.80 Å². The van der Waals surface area contributed by atoms with Gasteiger partial charge in [0.15, 0.2) is 0 Å². The lowest BCUT2D eigenvalue weighted by Gasteiger charge is -2.22. The Balaban J connectivity index is 2.02. The first-order valence-electron chi connectivity index (χ1n) is 4.64. The van der Waals surface area contributed by atoms with Crippen molar-refractivity contribution in [2.45, 2.75) is 44.4 Å². The molecule has 2 aliphatic rings. The normalized spacial score (nSPS) is 47.5. The molecule has 0 amide bonds. The highest BCUT2D eigenvalue weighted by molar-refractivity contribution is 6.59. The number of fused-ring (bicyclic) bond motifs is 1. The fourth-order valence-corrected chi connectivity index (χ4v) is 3.89. The zero-order valence-electron chi connectivity index (χ0n) is 7.71. The highest BCUT2D eigenvalue weighted by atomic mass is 28.4. The zero-order valence-corrected chi connectivity index (χ0v) is 8.71. The van der Waals surface area contributed by atoms with E-state index in [0.29, 0.717) is 12.2 Å². The highest BCUT2D eigenvalue weighted by Crippen LogP contribution is 2.34. The molecule has 0 bridgehead atoms. The van der Waals surface area contributed by atoms with Crippen LogP contribution in [0.15, 0.2) is 0 Å². The first-order chi connectivity index (χ1) is 5.73. The van der Waals surface area contributed by atoms with Crippen LogP contribution in [0.4, 0.5) is 0 Å². The van der Waals surface area contributed by atoms with Gasteiger partial charge in [0.05, 0.1) is 12.2 Å². The van der Waals surface area contributed by atoms with Gasteiger partial charge in [-0.25, -0.2) is 0 Å². The molecule has 2 unspecified atom stereocenters. The molecule has 2 atom stereocenters. The Kier molecular flexibility index (Phi) is 2.24. The molecule has 0 spiro atoms. The fourth-order valence-electron chi connectivity index (χ4n) is 2.01. The maximum atomic E-state index is 5.80. The van der Waals surface area contributed by atoms with E-state index in [1.807, 2.05) is 6.55 Å². The molecule has 2 rings (SSSR count). The van der Waals surface area contributed by atoms with Crippen molar-refractivity contribution in [3.8, 4) is 0 Å². The van der Waals surface area contributed by atoms with E-state index in [1.54, 1.807) is 7.11 Å². The lowest BCUT2D eigenvalue weighted by molar-refractivity contribution is 0.110. The second kappa shape index (κ2) is 3.10. The maximum absolute atomic E-state index is 5.80. The molecule has 0 aromatic heterocycles. The molecule has 4 heteroatoms. The van der Waals surface area contributed by atoms with E-state index >= 15 is 0 Å². The third kappa shape index (κ3) is 1.44. The Labute approximate surface area is 74.4 Å². The van der Waals surface area contributed by atoms with E-state index < -0.39 is 8.80 Å². The van der Waals surface area contributed by atoms with Crippen LogP contribution < -0.4 is 0 Å². The molecular weight excluding hydrogens is 172 g/mol. The van der Waals surface area contributed by atoms with Crippen LogP contribution in [-0.2, 0) is 13.3 Å². The quantitative estimate of drug-likeness (QED) is 0.584. The van der Waals surface area contributed by atoms with E-state index in [1.165, 1.54) is 12.8 Å². The molecule has 12 heavy (non-hydrogen) atoms. The average molecular weight is 188 g/mol. The Bertz CT molecular complexity index is 160. The molecule has 1 saturated heterocycles. The molecule has 1 aliphatic heterocycles. The van der Waals surface area contributed by atoms with Gasteiger partial charge >= 0.3 is 8.80 Å². The van der Waals surface area contributed by atoms with Crippen molar-refractivity contribution in [3.63, 3.8) is 0 Å². The van der Waals surface area contributed by atoms with Crippen LogP contribution >= 0.6 is 0 Å². The van der Waals surface area contributed by atoms with Crippen molar-refractivity contribution in [2.24, 2.45) is 0 Å². The first kappa shape index (κ1) is 8.68. The minimum atomic E-state index is -2.19. The van der Waals surface area contributed by atoms with Crippen molar-refractivity contribution in [3.05, 3.63) is 0 Å². The van der Waals surface area contributed by atoms with Crippen LogP contribution in [0, 0.1) is 0 Å². The monoisotopic (exact) mass is 188 g/mol. The molecule has 2 fully saturated rings. The number of hydrogen-bond donors (Lipinski definition) is 0. The summed E-state index contributed by atoms with van der Waals surface area (Å²) in [5.74, 6) is 0. The smallest absolute Gasteiger partial charge is 0.377 e. The Morgan fingerprint density at radius 2 is 1.67 bits per heavy atom. The van der Waals surface area contributed by atoms with Gasteiger partial charge in [-0.05, 0) is 12.8 Å². The molecule has 70 valence electrons. The van der Waals surface area contributed by atoms with E-state index in [2.05, 4.69) is 0 Å². The highest BCUT2D eigenvalue weighted by Gasteiger charge is 2.49. The SMILES string of the molecule is CO[Si]1(C)OC2CCCCC2O1. The van der Waals surface area contributed by atoms with E-state index in [4.69, 9.17) is 13.3 Å². The summed E-state index contributed by atoms with van der Waals surface area (Å²) >= 11 is 0. The fraction of sp³-hybridized carbons (Fsp3) is 1.00. The average Bonchev–Trinajstić information content (AvgIpc) is 2.42. The summed E-state index contributed by atoms with van der Waals surface area (Å²) in [4.78, 5) is 0. The minimum Gasteiger partial charge on any atom is -0.377 e. The van der Waals surface area contributed by atoms with E-state index in [0.717, 1.165) is 12.8 Å². The Hall–Kier alpha value is 0.0969. The molecule has 3 nitrogen and oxygen atoms in total. The minimum absolute atomic E-state index is 0.329. The van der Waals surface area contributed by atoms with Gasteiger partial charge in [-0.15, -0.1) is 0 Å². The second-order valence-electron chi connectivity index (χ2n) is 3.66. The summed E-state index contributed by atoms with van der Waals surface area (Å²) < 4.78 is 16.9. The topological polar surface area (TPSA) is 27.7 Å². The van der Waals surface area contributed by atoms with Gasteiger partial charge in [-0.3, -0.25) is 0 Å². The Morgan fingerprint density at radius 1 is 1.17 bits per heavy atom. The van der Waals surface area contributed by atoms with Crippen LogP contribution in [0.3, 0.4) is 0 Å². The zero-order chi connectivity index (χ0) is 8.60. The summed E-state index contributed by atoms with van der Waals surface area (Å²) in [5, 5.41) is 0. The lowest BCUT2D eigenvalue weighted by Crippen LogP contribution is -2.36. The molecular formula is C8H16O3Si. The van der Waals surface area contributed by atoms with Gasteiger partial charge in [0, 0.05) is 13.7 Å². The largest absolute Gasteiger partial charge is 0.498 e. The molecule has 0 radical (unpaired) electrons. The molecule has 0 aromatic rings. The maximum Gasteiger partial charge on any atom is 0.498 e. The van der Waals surface area contributed by atoms with Gasteiger partial charge < -0.3 is 13.3 Å². The summed E-state index contributed by atoms with van der Waals surface area (Å²) in [6.45, 7) is 1.98. The van der Waals surface area contributed by atoms with Crippen molar-refractivity contribution in [2.75, 3.05) is 7.11 Å². The number of hydrogen-bond acceptors (Lipinski definition) is 3. The Morgan fingerprint density at radius 3 is 2.08 bits per heavy atom. The van der Waals surface area contributed by atoms with Crippen molar-refractivity contribution < 1.29 is 13.3 Å². The molecule has 1 aliphatic carbocycles. The third-order valence-electron chi connectivity index (χ3n) is 2.74. The summed E-state index contributed by atoms with van der Waals surface area (Å²) in [6.07, 6.45) is 5.51. The third-order valence-corrected chi connectivity index (χ3v) is 4.95. The van der Waals surface area contributed by atoms with Crippen LogP contribution in [0.5, 0.6) is 0 Å². The van der Waals surface area contributed by atoms with Crippen molar-refractivity contribution in [1.29, 1.82) is 0 Å². The molecule has 0 N–H and O–H groups in total. The van der Waals surface area contributed by atoms with Crippen LogP contribution in [-0.4, -0.2) is 28.1 Å². The standard InChI is InChI=1S/C8H16O3Si/c1-9-12(2)10-7-5-3-4-6-8(7)11-12/h7-8H,3-6H2,1-2H3. The van der Waals surface area contributed by atoms with Gasteiger partial charge in [-0.1, -0.05) is 12.8 Å². The van der Waals surface area contributed by atoms with Crippen LogP contribution in [0.2, 0.25) is 6.55 Å². The van der Waals surface area contributed by atoms with Gasteiger partial charge in [0.1, 0.15) is 0 Å². The van der Waals surface area contributed by atoms with E-state index in [-0.39, 0.29) is 0 Å². The second-order valence-corrected chi connectivity index (χ2v) is 6.27. The summed E-state index contributed by atoms with van der Waals surface area (Å²) in [7, 11) is -0.504. The van der Waals surface area contributed by atoms with Gasteiger partial charge in [0.2, 0.25) is 0 Å². The predicted octanol–water partition coefficient (Wildman–Crippen LogP) is 1.56. The van der Waals surface area contributed by atoms with Crippen LogP contribution in [0.25, 0.3) is 0 Å². The number of rotatable bonds is 1. The lowest BCUT2D eigenvalue weighted by atomic mass is 9.95. The summed E-state index contributed by atoms with van der Waals surface area (Å²) in [5.41, 5.74) is 0. The van der Waals surface area contributed by atoms with Gasteiger partial charge in [0.25, 0.3) is 0 Å². The first-order valence-corrected chi connectivity index (χ1v) is 6.87. The van der Waals surface area contributed by atoms with Crippen molar-refractivity contribution in [1.82, 2.24) is 0 Å². The van der Waals surface area contributed by atoms with Gasteiger partial charge in [-0.2, -0.15) is 0 Å².